The number of amides is 1. The molecule has 2 unspecified atom stereocenters. The Hall–Kier alpha value is -0.650. The average molecular weight is 270 g/mol. The van der Waals surface area contributed by atoms with Crippen LogP contribution in [-0.4, -0.2) is 61.9 Å². The Balaban J connectivity index is 1.64. The van der Waals surface area contributed by atoms with Crippen molar-refractivity contribution >= 4 is 5.91 Å². The van der Waals surface area contributed by atoms with Crippen LogP contribution in [-0.2, 0) is 14.3 Å². The molecule has 0 aromatic heterocycles. The van der Waals surface area contributed by atoms with Gasteiger partial charge in [0.05, 0.1) is 31.3 Å². The Morgan fingerprint density at radius 3 is 2.53 bits per heavy atom. The molecule has 5 nitrogen and oxygen atoms in total. The third-order valence-electron chi connectivity index (χ3n) is 3.79. The fraction of sp³-hybridized carbons (Fsp3) is 0.929. The van der Waals surface area contributed by atoms with E-state index >= 15 is 0 Å². The van der Waals surface area contributed by atoms with Crippen LogP contribution in [0, 0.1) is 0 Å². The average Bonchev–Trinajstić information content (AvgIpc) is 2.38. The molecule has 2 atom stereocenters. The first-order chi connectivity index (χ1) is 9.15. The molecular weight excluding hydrogens is 244 g/mol. The predicted octanol–water partition coefficient (Wildman–Crippen LogP) is 0.781. The summed E-state index contributed by atoms with van der Waals surface area (Å²) in [6.45, 7) is 8.15. The number of ether oxygens (including phenoxy) is 2. The minimum absolute atomic E-state index is 0.217. The van der Waals surface area contributed by atoms with Crippen LogP contribution in [0.25, 0.3) is 0 Å². The largest absolute Gasteiger partial charge is 0.377 e. The zero-order valence-corrected chi connectivity index (χ0v) is 12.1. The summed E-state index contributed by atoms with van der Waals surface area (Å²) in [5.74, 6) is 0.217. The van der Waals surface area contributed by atoms with Gasteiger partial charge in [0.2, 0.25) is 5.91 Å². The van der Waals surface area contributed by atoms with Crippen LogP contribution in [0.3, 0.4) is 0 Å². The zero-order chi connectivity index (χ0) is 13.7. The van der Waals surface area contributed by atoms with E-state index in [1.54, 1.807) is 0 Å². The molecular formula is C14H26N2O3. The number of hydrogen-bond donors (Lipinski definition) is 1. The molecule has 1 amide bonds. The van der Waals surface area contributed by atoms with E-state index < -0.39 is 0 Å². The molecule has 19 heavy (non-hydrogen) atoms. The molecule has 0 aliphatic carbocycles. The maximum Gasteiger partial charge on any atom is 0.224 e. The molecule has 2 heterocycles. The molecule has 0 radical (unpaired) electrons. The van der Waals surface area contributed by atoms with Gasteiger partial charge < -0.3 is 19.7 Å². The summed E-state index contributed by atoms with van der Waals surface area (Å²) < 4.78 is 11.5. The minimum atomic E-state index is 0.217. The van der Waals surface area contributed by atoms with Gasteiger partial charge in [-0.1, -0.05) is 0 Å². The second-order valence-corrected chi connectivity index (χ2v) is 5.60. The highest BCUT2D eigenvalue weighted by Gasteiger charge is 2.25. The third-order valence-corrected chi connectivity index (χ3v) is 3.79. The highest BCUT2D eigenvalue weighted by atomic mass is 16.5. The quantitative estimate of drug-likeness (QED) is 0.820. The molecule has 0 aromatic carbocycles. The van der Waals surface area contributed by atoms with Crippen molar-refractivity contribution < 1.29 is 14.3 Å². The number of hydrogen-bond acceptors (Lipinski definition) is 4. The van der Waals surface area contributed by atoms with Crippen LogP contribution < -0.4 is 5.32 Å². The summed E-state index contributed by atoms with van der Waals surface area (Å²) in [7, 11) is 0. The lowest BCUT2D eigenvalue weighted by atomic mass is 10.0. The van der Waals surface area contributed by atoms with Crippen molar-refractivity contribution in [2.75, 3.05) is 32.8 Å². The zero-order valence-electron chi connectivity index (χ0n) is 12.1. The number of carbonyl (C=O) groups is 1. The van der Waals surface area contributed by atoms with Crippen LogP contribution in [0.4, 0.5) is 0 Å². The first kappa shape index (κ1) is 14.8. The highest BCUT2D eigenvalue weighted by Crippen LogP contribution is 2.21. The molecule has 5 heteroatoms. The summed E-state index contributed by atoms with van der Waals surface area (Å²) in [6.07, 6.45) is 3.14. The summed E-state index contributed by atoms with van der Waals surface area (Å²) in [4.78, 5) is 13.9. The van der Waals surface area contributed by atoms with E-state index in [4.69, 9.17) is 9.47 Å². The second kappa shape index (κ2) is 7.22. The third kappa shape index (κ3) is 4.75. The first-order valence-corrected chi connectivity index (χ1v) is 7.40. The fourth-order valence-electron chi connectivity index (χ4n) is 2.87. The van der Waals surface area contributed by atoms with Gasteiger partial charge in [0.1, 0.15) is 0 Å². The van der Waals surface area contributed by atoms with Gasteiger partial charge in [-0.05, 0) is 26.7 Å². The molecule has 0 aromatic rings. The molecule has 2 fully saturated rings. The van der Waals surface area contributed by atoms with E-state index in [1.807, 2.05) is 4.90 Å². The van der Waals surface area contributed by atoms with E-state index in [9.17, 15) is 4.79 Å². The lowest BCUT2D eigenvalue weighted by Gasteiger charge is -2.32. The molecule has 0 spiro atoms. The predicted molar refractivity (Wildman–Crippen MR) is 73.0 cm³/mol. The van der Waals surface area contributed by atoms with E-state index in [-0.39, 0.29) is 24.2 Å². The molecule has 2 aliphatic rings. The fourth-order valence-corrected chi connectivity index (χ4v) is 2.87. The Bertz CT molecular complexity index is 282. The van der Waals surface area contributed by atoms with E-state index in [0.29, 0.717) is 13.0 Å². The van der Waals surface area contributed by atoms with Crippen LogP contribution in [0.15, 0.2) is 0 Å². The standard InChI is InChI=1S/C14H26N2O3/c1-11-9-13(10-12(2)19-11)18-8-3-14(17)16-6-4-15-5-7-16/h11-13,15H,3-10H2,1-2H3. The van der Waals surface area contributed by atoms with Crippen molar-refractivity contribution in [2.45, 2.75) is 51.4 Å². The van der Waals surface area contributed by atoms with Crippen molar-refractivity contribution in [3.8, 4) is 0 Å². The maximum atomic E-state index is 12.0. The highest BCUT2D eigenvalue weighted by molar-refractivity contribution is 5.76. The molecule has 2 aliphatic heterocycles. The molecule has 0 saturated carbocycles. The normalized spacial score (nSPS) is 32.3. The maximum absolute atomic E-state index is 12.0. The van der Waals surface area contributed by atoms with Crippen molar-refractivity contribution in [3.63, 3.8) is 0 Å². The number of nitrogens with one attached hydrogen (secondary N) is 1. The van der Waals surface area contributed by atoms with Gasteiger partial charge >= 0.3 is 0 Å². The van der Waals surface area contributed by atoms with E-state index in [0.717, 1.165) is 39.0 Å². The van der Waals surface area contributed by atoms with Gasteiger partial charge in [-0.2, -0.15) is 0 Å². The van der Waals surface area contributed by atoms with Gasteiger partial charge in [0, 0.05) is 26.2 Å². The van der Waals surface area contributed by atoms with E-state index in [1.165, 1.54) is 0 Å². The summed E-state index contributed by atoms with van der Waals surface area (Å²) in [5.41, 5.74) is 0. The van der Waals surface area contributed by atoms with Crippen molar-refractivity contribution in [1.29, 1.82) is 0 Å². The molecule has 2 saturated heterocycles. The SMILES string of the molecule is CC1CC(OCCC(=O)N2CCNCC2)CC(C)O1. The van der Waals surface area contributed by atoms with Gasteiger partial charge in [-0.15, -0.1) is 0 Å². The molecule has 110 valence electrons. The number of rotatable bonds is 4. The Morgan fingerprint density at radius 1 is 1.26 bits per heavy atom. The smallest absolute Gasteiger partial charge is 0.224 e. The molecule has 1 N–H and O–H groups in total. The van der Waals surface area contributed by atoms with Gasteiger partial charge in [-0.3, -0.25) is 4.79 Å². The van der Waals surface area contributed by atoms with Crippen molar-refractivity contribution in [1.82, 2.24) is 10.2 Å². The Kier molecular flexibility index (Phi) is 5.60. The van der Waals surface area contributed by atoms with Crippen molar-refractivity contribution in [2.24, 2.45) is 0 Å². The van der Waals surface area contributed by atoms with Gasteiger partial charge in [0.15, 0.2) is 0 Å². The number of nitrogens with zero attached hydrogens (tertiary/aromatic N) is 1. The Morgan fingerprint density at radius 2 is 1.89 bits per heavy atom. The van der Waals surface area contributed by atoms with Gasteiger partial charge in [-0.25, -0.2) is 0 Å². The van der Waals surface area contributed by atoms with Crippen LogP contribution >= 0.6 is 0 Å². The van der Waals surface area contributed by atoms with Crippen LogP contribution in [0.2, 0.25) is 0 Å². The lowest BCUT2D eigenvalue weighted by Crippen LogP contribution is -2.46. The van der Waals surface area contributed by atoms with Crippen molar-refractivity contribution in [3.05, 3.63) is 0 Å². The summed E-state index contributed by atoms with van der Waals surface area (Å²) in [6, 6.07) is 0. The minimum Gasteiger partial charge on any atom is -0.377 e. The number of carbonyl (C=O) groups excluding carboxylic acids is 1. The van der Waals surface area contributed by atoms with Crippen LogP contribution in [0.5, 0.6) is 0 Å². The molecule has 2 rings (SSSR count). The lowest BCUT2D eigenvalue weighted by molar-refractivity contribution is -0.135. The van der Waals surface area contributed by atoms with Gasteiger partial charge in [0.25, 0.3) is 0 Å². The number of piperazine rings is 1. The monoisotopic (exact) mass is 270 g/mol. The summed E-state index contributed by atoms with van der Waals surface area (Å²) in [5, 5.41) is 3.25. The topological polar surface area (TPSA) is 50.8 Å². The second-order valence-electron chi connectivity index (χ2n) is 5.60. The first-order valence-electron chi connectivity index (χ1n) is 7.40. The summed E-state index contributed by atoms with van der Waals surface area (Å²) >= 11 is 0. The Labute approximate surface area is 115 Å². The molecule has 0 bridgehead atoms. The van der Waals surface area contributed by atoms with E-state index in [2.05, 4.69) is 19.2 Å². The van der Waals surface area contributed by atoms with Crippen LogP contribution in [0.1, 0.15) is 33.1 Å².